The maximum atomic E-state index is 2.71. The van der Waals surface area contributed by atoms with E-state index in [0.717, 1.165) is 35.5 Å². The molecule has 0 unspecified atom stereocenters. The zero-order chi connectivity index (χ0) is 20.5. The quantitative estimate of drug-likeness (QED) is 0.383. The molecule has 0 heterocycles. The Morgan fingerprint density at radius 1 is 1.04 bits per heavy atom. The van der Waals surface area contributed by atoms with Crippen LogP contribution in [0.4, 0.5) is 0 Å². The lowest BCUT2D eigenvalue weighted by atomic mass is 9.57. The summed E-state index contributed by atoms with van der Waals surface area (Å²) in [5.41, 5.74) is 2.95. The Kier molecular flexibility index (Phi) is 7.09. The Balaban J connectivity index is 1.69. The maximum Gasteiger partial charge on any atom is -0.0114 e. The van der Waals surface area contributed by atoms with E-state index in [1.54, 1.807) is 0 Å². The highest BCUT2D eigenvalue weighted by Crippen LogP contribution is 2.60. The standard InChI is InChI=1S/C28H50/c1-8-28(7)25(22(5)13-12-21(4)20(2)3)16-17-26(28)23-14-15-24-11-9-10-18-27(24,6)19-23/h15,20-23,25-26H,8-14,16-19H2,1-7H3/t21-,22-,23-,25-,26+,27-,28-/m1/s1. The molecule has 0 aromatic carbocycles. The molecule has 0 saturated heterocycles. The first kappa shape index (κ1) is 22.4. The molecule has 0 spiro atoms. The van der Waals surface area contributed by atoms with Gasteiger partial charge in [0.05, 0.1) is 0 Å². The fraction of sp³-hybridized carbons (Fsp3) is 0.929. The van der Waals surface area contributed by atoms with Crippen molar-refractivity contribution in [2.45, 2.75) is 119 Å². The summed E-state index contributed by atoms with van der Waals surface area (Å²) in [6.07, 6.45) is 18.6. The monoisotopic (exact) mass is 386 g/mol. The van der Waals surface area contributed by atoms with Crippen molar-refractivity contribution in [3.8, 4) is 0 Å². The van der Waals surface area contributed by atoms with Gasteiger partial charge < -0.3 is 0 Å². The Labute approximate surface area is 177 Å². The Bertz CT molecular complexity index is 542. The van der Waals surface area contributed by atoms with Gasteiger partial charge in [-0.05, 0) is 91.3 Å². The number of hydrogen-bond acceptors (Lipinski definition) is 0. The lowest BCUT2D eigenvalue weighted by Crippen LogP contribution is -2.39. The van der Waals surface area contributed by atoms with Gasteiger partial charge >= 0.3 is 0 Å². The average Bonchev–Trinajstić information content (AvgIpc) is 3.02. The first-order valence-electron chi connectivity index (χ1n) is 12.9. The molecule has 0 amide bonds. The van der Waals surface area contributed by atoms with Crippen LogP contribution in [-0.2, 0) is 0 Å². The van der Waals surface area contributed by atoms with Gasteiger partial charge in [-0.25, -0.2) is 0 Å². The molecular weight excluding hydrogens is 336 g/mol. The number of allylic oxidation sites excluding steroid dienone is 2. The van der Waals surface area contributed by atoms with Crippen molar-refractivity contribution in [3.05, 3.63) is 11.6 Å². The molecule has 0 aromatic heterocycles. The van der Waals surface area contributed by atoms with Crippen LogP contribution in [0.5, 0.6) is 0 Å². The van der Waals surface area contributed by atoms with Crippen LogP contribution in [0.3, 0.4) is 0 Å². The maximum absolute atomic E-state index is 2.71. The fourth-order valence-corrected chi connectivity index (χ4v) is 7.72. The molecule has 0 nitrogen and oxygen atoms in total. The average molecular weight is 387 g/mol. The number of hydrogen-bond donors (Lipinski definition) is 0. The van der Waals surface area contributed by atoms with Gasteiger partial charge in [0.25, 0.3) is 0 Å². The third-order valence-corrected chi connectivity index (χ3v) is 10.3. The second-order valence-corrected chi connectivity index (χ2v) is 12.1. The van der Waals surface area contributed by atoms with E-state index in [0.29, 0.717) is 10.8 Å². The van der Waals surface area contributed by atoms with Crippen molar-refractivity contribution < 1.29 is 0 Å². The van der Waals surface area contributed by atoms with Crippen LogP contribution in [0.25, 0.3) is 0 Å². The van der Waals surface area contributed by atoms with E-state index in [4.69, 9.17) is 0 Å². The number of fused-ring (bicyclic) bond motifs is 1. The summed E-state index contributed by atoms with van der Waals surface area (Å²) in [5, 5.41) is 0. The van der Waals surface area contributed by atoms with Crippen LogP contribution in [0, 0.1) is 46.3 Å². The van der Waals surface area contributed by atoms with E-state index >= 15 is 0 Å². The first-order chi connectivity index (χ1) is 13.2. The van der Waals surface area contributed by atoms with Crippen molar-refractivity contribution in [2.24, 2.45) is 46.3 Å². The highest BCUT2D eigenvalue weighted by atomic mass is 14.6. The third-order valence-electron chi connectivity index (χ3n) is 10.3. The van der Waals surface area contributed by atoms with Crippen molar-refractivity contribution >= 4 is 0 Å². The van der Waals surface area contributed by atoms with Gasteiger partial charge in [-0.3, -0.25) is 0 Å². The molecule has 0 aliphatic heterocycles. The molecule has 3 rings (SSSR count). The minimum atomic E-state index is 0.548. The first-order valence-corrected chi connectivity index (χ1v) is 12.9. The van der Waals surface area contributed by atoms with Crippen molar-refractivity contribution in [1.82, 2.24) is 0 Å². The Morgan fingerprint density at radius 3 is 2.46 bits per heavy atom. The molecule has 3 aliphatic rings. The predicted octanol–water partition coefficient (Wildman–Crippen LogP) is 9.05. The molecule has 3 aliphatic carbocycles. The van der Waals surface area contributed by atoms with Gasteiger partial charge in [0.2, 0.25) is 0 Å². The topological polar surface area (TPSA) is 0 Å². The normalized spacial score (nSPS) is 40.9. The predicted molar refractivity (Wildman–Crippen MR) is 124 cm³/mol. The summed E-state index contributed by atoms with van der Waals surface area (Å²) in [6, 6.07) is 0. The molecule has 0 N–H and O–H groups in total. The Morgan fingerprint density at radius 2 is 1.79 bits per heavy atom. The van der Waals surface area contributed by atoms with Crippen LogP contribution in [0.15, 0.2) is 11.6 Å². The van der Waals surface area contributed by atoms with Crippen molar-refractivity contribution in [1.29, 1.82) is 0 Å². The summed E-state index contributed by atoms with van der Waals surface area (Å²) in [5.74, 6) is 5.47. The molecule has 28 heavy (non-hydrogen) atoms. The second-order valence-electron chi connectivity index (χ2n) is 12.1. The lowest BCUT2D eigenvalue weighted by Gasteiger charge is -2.48. The van der Waals surface area contributed by atoms with Crippen LogP contribution in [0.2, 0.25) is 0 Å². The highest BCUT2D eigenvalue weighted by Gasteiger charge is 2.51. The molecule has 0 aromatic rings. The van der Waals surface area contributed by atoms with Crippen molar-refractivity contribution in [2.75, 3.05) is 0 Å². The van der Waals surface area contributed by atoms with Gasteiger partial charge in [0.1, 0.15) is 0 Å². The van der Waals surface area contributed by atoms with E-state index < -0.39 is 0 Å². The van der Waals surface area contributed by atoms with Gasteiger partial charge in [-0.15, -0.1) is 0 Å². The smallest absolute Gasteiger partial charge is 0.0114 e. The van der Waals surface area contributed by atoms with Crippen LogP contribution in [0.1, 0.15) is 119 Å². The van der Waals surface area contributed by atoms with Crippen LogP contribution in [-0.4, -0.2) is 0 Å². The molecular formula is C28H50. The molecule has 2 fully saturated rings. The molecule has 162 valence electrons. The molecule has 0 radical (unpaired) electrons. The van der Waals surface area contributed by atoms with E-state index in [1.165, 1.54) is 70.6 Å². The van der Waals surface area contributed by atoms with E-state index in [1.807, 2.05) is 5.57 Å². The van der Waals surface area contributed by atoms with Crippen molar-refractivity contribution in [3.63, 3.8) is 0 Å². The summed E-state index contributed by atoms with van der Waals surface area (Å²) in [7, 11) is 0. The SMILES string of the molecule is CC[C@]1(C)[C@@H]([C@H](C)CC[C@@H](C)C(C)C)CC[C@H]1[C@@H]1CC=C2CCCC[C@]2(C)C1. The van der Waals surface area contributed by atoms with E-state index in [2.05, 4.69) is 54.5 Å². The zero-order valence-electron chi connectivity index (χ0n) is 20.3. The summed E-state index contributed by atoms with van der Waals surface area (Å²) in [4.78, 5) is 0. The van der Waals surface area contributed by atoms with E-state index in [-0.39, 0.29) is 0 Å². The van der Waals surface area contributed by atoms with Crippen LogP contribution >= 0.6 is 0 Å². The second kappa shape index (κ2) is 8.85. The molecule has 7 atom stereocenters. The van der Waals surface area contributed by atoms with Gasteiger partial charge in [0.15, 0.2) is 0 Å². The van der Waals surface area contributed by atoms with Gasteiger partial charge in [-0.2, -0.15) is 0 Å². The number of rotatable bonds is 7. The molecule has 2 saturated carbocycles. The summed E-state index contributed by atoms with van der Waals surface area (Å²) >= 11 is 0. The summed E-state index contributed by atoms with van der Waals surface area (Å²) in [6.45, 7) is 17.7. The zero-order valence-corrected chi connectivity index (χ0v) is 20.3. The lowest BCUT2D eigenvalue weighted by molar-refractivity contribution is 0.0469. The fourth-order valence-electron chi connectivity index (χ4n) is 7.72. The van der Waals surface area contributed by atoms with Crippen LogP contribution < -0.4 is 0 Å². The summed E-state index contributed by atoms with van der Waals surface area (Å²) < 4.78 is 0. The third kappa shape index (κ3) is 4.27. The van der Waals surface area contributed by atoms with Gasteiger partial charge in [-0.1, -0.05) is 85.8 Å². The minimum absolute atomic E-state index is 0.548. The molecule has 0 heteroatoms. The molecule has 0 bridgehead atoms. The van der Waals surface area contributed by atoms with Gasteiger partial charge in [0, 0.05) is 0 Å². The highest BCUT2D eigenvalue weighted by molar-refractivity contribution is 5.20. The minimum Gasteiger partial charge on any atom is -0.0845 e. The largest absolute Gasteiger partial charge is 0.0845 e. The van der Waals surface area contributed by atoms with E-state index in [9.17, 15) is 0 Å². The Hall–Kier alpha value is -0.260.